The smallest absolute Gasteiger partial charge is 0.321 e. The number of aryl methyl sites for hydroxylation is 1. The first kappa shape index (κ1) is 20.5. The number of amides is 2. The summed E-state index contributed by atoms with van der Waals surface area (Å²) >= 11 is 0. The van der Waals surface area contributed by atoms with Gasteiger partial charge in [0.25, 0.3) is 5.56 Å². The maximum absolute atomic E-state index is 12.6. The van der Waals surface area contributed by atoms with Crippen molar-refractivity contribution < 1.29 is 9.53 Å². The summed E-state index contributed by atoms with van der Waals surface area (Å²) in [7, 11) is 1.61. The fourth-order valence-corrected chi connectivity index (χ4v) is 3.46. The molecular weight excluding hydrogens is 394 g/mol. The molecule has 0 saturated carbocycles. The van der Waals surface area contributed by atoms with Gasteiger partial charge in [0.1, 0.15) is 11.6 Å². The number of ether oxygens (including phenoxy) is 1. The van der Waals surface area contributed by atoms with E-state index in [1.165, 1.54) is 10.7 Å². The lowest BCUT2D eigenvalue weighted by Crippen LogP contribution is -2.50. The van der Waals surface area contributed by atoms with Gasteiger partial charge in [-0.15, -0.1) is 5.10 Å². The molecule has 8 nitrogen and oxygen atoms in total. The van der Waals surface area contributed by atoms with Gasteiger partial charge in [0.2, 0.25) is 0 Å². The number of urea groups is 1. The van der Waals surface area contributed by atoms with Crippen molar-refractivity contribution in [3.05, 3.63) is 76.6 Å². The molecule has 0 atom stereocenters. The molecule has 0 aliphatic carbocycles. The minimum absolute atomic E-state index is 0.137. The number of hydrogen-bond donors (Lipinski definition) is 1. The molecule has 0 spiro atoms. The van der Waals surface area contributed by atoms with Crippen LogP contribution in [0.5, 0.6) is 5.75 Å². The minimum atomic E-state index is -0.176. The Kier molecular flexibility index (Phi) is 5.88. The van der Waals surface area contributed by atoms with E-state index < -0.39 is 0 Å². The molecule has 2 amide bonds. The Hall–Kier alpha value is -3.81. The second-order valence-electron chi connectivity index (χ2n) is 7.41. The van der Waals surface area contributed by atoms with Crippen LogP contribution in [-0.2, 0) is 0 Å². The highest BCUT2D eigenvalue weighted by atomic mass is 16.5. The lowest BCUT2D eigenvalue weighted by Gasteiger charge is -2.35. The average molecular weight is 419 g/mol. The van der Waals surface area contributed by atoms with Crippen LogP contribution in [0.2, 0.25) is 0 Å². The third kappa shape index (κ3) is 4.69. The van der Waals surface area contributed by atoms with Crippen LogP contribution >= 0.6 is 0 Å². The Morgan fingerprint density at radius 2 is 1.61 bits per heavy atom. The fraction of sp³-hybridized carbons (Fsp3) is 0.261. The normalized spacial score (nSPS) is 13.7. The van der Waals surface area contributed by atoms with E-state index in [4.69, 9.17) is 4.74 Å². The number of methoxy groups -OCH3 is 1. The van der Waals surface area contributed by atoms with Crippen LogP contribution in [0, 0.1) is 6.92 Å². The van der Waals surface area contributed by atoms with Gasteiger partial charge < -0.3 is 19.9 Å². The first-order valence-corrected chi connectivity index (χ1v) is 10.2. The maximum atomic E-state index is 12.6. The van der Waals surface area contributed by atoms with Crippen molar-refractivity contribution in [2.75, 3.05) is 43.5 Å². The monoisotopic (exact) mass is 419 g/mol. The molecule has 8 heteroatoms. The van der Waals surface area contributed by atoms with Crippen molar-refractivity contribution in [3.63, 3.8) is 0 Å². The van der Waals surface area contributed by atoms with Crippen LogP contribution in [0.3, 0.4) is 0 Å². The summed E-state index contributed by atoms with van der Waals surface area (Å²) in [5.41, 5.74) is 2.40. The average Bonchev–Trinajstić information content (AvgIpc) is 2.81. The first-order chi connectivity index (χ1) is 15.0. The zero-order valence-corrected chi connectivity index (χ0v) is 17.6. The zero-order chi connectivity index (χ0) is 21.8. The van der Waals surface area contributed by atoms with Gasteiger partial charge >= 0.3 is 6.03 Å². The van der Waals surface area contributed by atoms with Crippen molar-refractivity contribution in [2.45, 2.75) is 6.92 Å². The van der Waals surface area contributed by atoms with E-state index in [1.807, 2.05) is 55.5 Å². The number of nitrogens with zero attached hydrogens (tertiary/aromatic N) is 4. The zero-order valence-electron chi connectivity index (χ0n) is 17.6. The molecular formula is C23H25N5O3. The SMILES string of the molecule is COc1ccc(NC(=O)N2CCN(c3ccc(=O)n(-c4ccc(C)cc4)n3)CC2)cc1. The maximum Gasteiger partial charge on any atom is 0.321 e. The summed E-state index contributed by atoms with van der Waals surface area (Å²) in [6.07, 6.45) is 0. The molecule has 1 aromatic heterocycles. The molecule has 2 heterocycles. The minimum Gasteiger partial charge on any atom is -0.497 e. The summed E-state index contributed by atoms with van der Waals surface area (Å²) in [5.74, 6) is 1.46. The molecule has 1 saturated heterocycles. The van der Waals surface area contributed by atoms with Crippen molar-refractivity contribution in [2.24, 2.45) is 0 Å². The molecule has 1 fully saturated rings. The Morgan fingerprint density at radius 1 is 0.935 bits per heavy atom. The van der Waals surface area contributed by atoms with E-state index in [-0.39, 0.29) is 11.6 Å². The number of carbonyl (C=O) groups is 1. The summed E-state index contributed by atoms with van der Waals surface area (Å²) in [6.45, 7) is 4.39. The van der Waals surface area contributed by atoms with Gasteiger partial charge in [-0.3, -0.25) is 4.79 Å². The van der Waals surface area contributed by atoms with Crippen molar-refractivity contribution in [3.8, 4) is 11.4 Å². The quantitative estimate of drug-likeness (QED) is 0.703. The topological polar surface area (TPSA) is 79.7 Å². The molecule has 1 aliphatic heterocycles. The number of benzene rings is 2. The predicted octanol–water partition coefficient (Wildman–Crippen LogP) is 2.90. The highest BCUT2D eigenvalue weighted by Crippen LogP contribution is 2.17. The molecule has 3 aromatic rings. The number of piperazine rings is 1. The third-order valence-corrected chi connectivity index (χ3v) is 5.30. The molecule has 2 aromatic carbocycles. The summed E-state index contributed by atoms with van der Waals surface area (Å²) in [6, 6.07) is 18.0. The van der Waals surface area contributed by atoms with Crippen LogP contribution in [0.1, 0.15) is 5.56 Å². The van der Waals surface area contributed by atoms with Crippen molar-refractivity contribution in [1.29, 1.82) is 0 Å². The highest BCUT2D eigenvalue weighted by molar-refractivity contribution is 5.89. The summed E-state index contributed by atoms with van der Waals surface area (Å²) in [5, 5.41) is 7.46. The fourth-order valence-electron chi connectivity index (χ4n) is 3.46. The molecule has 31 heavy (non-hydrogen) atoms. The highest BCUT2D eigenvalue weighted by Gasteiger charge is 2.22. The van der Waals surface area contributed by atoms with E-state index in [1.54, 1.807) is 18.1 Å². The molecule has 0 bridgehead atoms. The Balaban J connectivity index is 1.40. The molecule has 160 valence electrons. The second-order valence-corrected chi connectivity index (χ2v) is 7.41. The lowest BCUT2D eigenvalue weighted by atomic mass is 10.2. The number of aromatic nitrogens is 2. The van der Waals surface area contributed by atoms with Gasteiger partial charge in [-0.1, -0.05) is 17.7 Å². The second kappa shape index (κ2) is 8.91. The van der Waals surface area contributed by atoms with Crippen LogP contribution in [0.4, 0.5) is 16.3 Å². The molecule has 0 unspecified atom stereocenters. The number of rotatable bonds is 4. The van der Waals surface area contributed by atoms with Gasteiger partial charge in [-0.2, -0.15) is 4.68 Å². The van der Waals surface area contributed by atoms with Gasteiger partial charge in [0.15, 0.2) is 0 Å². The third-order valence-electron chi connectivity index (χ3n) is 5.30. The number of anilines is 2. The number of hydrogen-bond acceptors (Lipinski definition) is 5. The van der Waals surface area contributed by atoms with Crippen molar-refractivity contribution >= 4 is 17.5 Å². The molecule has 1 N–H and O–H groups in total. The molecule has 4 rings (SSSR count). The van der Waals surface area contributed by atoms with Gasteiger partial charge in [-0.05, 0) is 49.4 Å². The van der Waals surface area contributed by atoms with E-state index in [2.05, 4.69) is 15.3 Å². The largest absolute Gasteiger partial charge is 0.497 e. The van der Waals surface area contributed by atoms with Crippen LogP contribution in [-0.4, -0.2) is 54.0 Å². The number of nitrogens with one attached hydrogen (secondary N) is 1. The summed E-state index contributed by atoms with van der Waals surface area (Å²) in [4.78, 5) is 28.7. The number of carbonyl (C=O) groups excluding carboxylic acids is 1. The molecule has 0 radical (unpaired) electrons. The Morgan fingerprint density at radius 3 is 2.26 bits per heavy atom. The summed E-state index contributed by atoms with van der Waals surface area (Å²) < 4.78 is 6.55. The van der Waals surface area contributed by atoms with E-state index in [0.29, 0.717) is 26.2 Å². The van der Waals surface area contributed by atoms with Gasteiger partial charge in [0, 0.05) is 37.9 Å². The van der Waals surface area contributed by atoms with E-state index in [0.717, 1.165) is 28.5 Å². The lowest BCUT2D eigenvalue weighted by molar-refractivity contribution is 0.208. The van der Waals surface area contributed by atoms with Gasteiger partial charge in [-0.25, -0.2) is 4.79 Å². The van der Waals surface area contributed by atoms with E-state index >= 15 is 0 Å². The molecule has 1 aliphatic rings. The van der Waals surface area contributed by atoms with E-state index in [9.17, 15) is 9.59 Å². The Bertz CT molecular complexity index is 1100. The van der Waals surface area contributed by atoms with Crippen LogP contribution in [0.25, 0.3) is 5.69 Å². The standard InChI is InChI=1S/C23H25N5O3/c1-17-3-7-19(8-4-17)28-22(29)12-11-21(25-28)26-13-15-27(16-14-26)23(30)24-18-5-9-20(31-2)10-6-18/h3-12H,13-16H2,1-2H3,(H,24,30). The van der Waals surface area contributed by atoms with Crippen LogP contribution in [0.15, 0.2) is 65.5 Å². The predicted molar refractivity (Wildman–Crippen MR) is 120 cm³/mol. The first-order valence-electron chi connectivity index (χ1n) is 10.2. The van der Waals surface area contributed by atoms with Crippen molar-refractivity contribution in [1.82, 2.24) is 14.7 Å². The van der Waals surface area contributed by atoms with Gasteiger partial charge in [0.05, 0.1) is 12.8 Å². The Labute approximate surface area is 180 Å². The van der Waals surface area contributed by atoms with Crippen LogP contribution < -0.4 is 20.5 Å².